The third-order valence-corrected chi connectivity index (χ3v) is 4.49. The van der Waals surface area contributed by atoms with E-state index in [4.69, 9.17) is 5.73 Å². The van der Waals surface area contributed by atoms with Crippen LogP contribution in [0.5, 0.6) is 0 Å². The second-order valence-corrected chi connectivity index (χ2v) is 5.67. The van der Waals surface area contributed by atoms with E-state index >= 15 is 0 Å². The van der Waals surface area contributed by atoms with Crippen LogP contribution >= 0.6 is 0 Å². The highest BCUT2D eigenvalue weighted by Gasteiger charge is 2.38. The molecule has 1 aliphatic heterocycles. The molecule has 1 saturated heterocycles. The highest BCUT2D eigenvalue weighted by molar-refractivity contribution is 5.49. The van der Waals surface area contributed by atoms with Crippen LogP contribution in [0.1, 0.15) is 46.0 Å². The summed E-state index contributed by atoms with van der Waals surface area (Å²) in [4.78, 5) is 6.68. The molecule has 0 bridgehead atoms. The molecule has 3 nitrogen and oxygen atoms in total. The zero-order chi connectivity index (χ0) is 11.7. The number of anilines is 2. The second kappa shape index (κ2) is 5.17. The third kappa shape index (κ3) is 2.45. The van der Waals surface area contributed by atoms with Crippen molar-refractivity contribution in [2.45, 2.75) is 46.0 Å². The zero-order valence-corrected chi connectivity index (χ0v) is 10.4. The van der Waals surface area contributed by atoms with Gasteiger partial charge in [0, 0.05) is 13.1 Å². The largest absolute Gasteiger partial charge is 0.384 e. The van der Waals surface area contributed by atoms with Gasteiger partial charge < -0.3 is 10.6 Å². The molecule has 0 unspecified atom stereocenters. The first-order chi connectivity index (χ1) is 8.27. The molecule has 1 spiro atoms. The Balaban J connectivity index is 0.00000120. The van der Waals surface area contributed by atoms with Gasteiger partial charge in [-0.2, -0.15) is 0 Å². The summed E-state index contributed by atoms with van der Waals surface area (Å²) in [5.74, 6) is 0.611. The highest BCUT2D eigenvalue weighted by Crippen LogP contribution is 2.44. The standard InChI is InChI=1S/C14H21N3.CH4/c15-13-5-4-12(10-16-13)17-9-8-14(11-17)6-2-1-3-7-14;/h4-5,10H,1-3,6-9,11H2,(H2,15,16);1H4. The molecule has 100 valence electrons. The topological polar surface area (TPSA) is 42.1 Å². The van der Waals surface area contributed by atoms with Crippen LogP contribution in [0.4, 0.5) is 11.5 Å². The predicted molar refractivity (Wildman–Crippen MR) is 77.7 cm³/mol. The molecule has 2 N–H and O–H groups in total. The zero-order valence-electron chi connectivity index (χ0n) is 10.4. The van der Waals surface area contributed by atoms with Crippen LogP contribution in [0.25, 0.3) is 0 Å². The van der Waals surface area contributed by atoms with E-state index in [1.54, 1.807) is 0 Å². The summed E-state index contributed by atoms with van der Waals surface area (Å²) < 4.78 is 0. The van der Waals surface area contributed by atoms with E-state index in [2.05, 4.69) is 16.0 Å². The van der Waals surface area contributed by atoms with Crippen molar-refractivity contribution in [2.24, 2.45) is 5.41 Å². The number of nitrogens with two attached hydrogens (primary N) is 1. The van der Waals surface area contributed by atoms with Gasteiger partial charge in [0.05, 0.1) is 11.9 Å². The molecule has 3 heteroatoms. The molecule has 1 aromatic heterocycles. The fourth-order valence-corrected chi connectivity index (χ4v) is 3.45. The van der Waals surface area contributed by atoms with E-state index < -0.39 is 0 Å². The van der Waals surface area contributed by atoms with Crippen LogP contribution in [0.15, 0.2) is 18.3 Å². The van der Waals surface area contributed by atoms with Gasteiger partial charge >= 0.3 is 0 Å². The minimum absolute atomic E-state index is 0. The summed E-state index contributed by atoms with van der Waals surface area (Å²) in [6.07, 6.45) is 10.4. The number of pyridine rings is 1. The summed E-state index contributed by atoms with van der Waals surface area (Å²) in [5.41, 5.74) is 7.48. The Morgan fingerprint density at radius 3 is 2.56 bits per heavy atom. The van der Waals surface area contributed by atoms with Gasteiger partial charge in [0.2, 0.25) is 0 Å². The van der Waals surface area contributed by atoms with Crippen molar-refractivity contribution in [1.29, 1.82) is 0 Å². The van der Waals surface area contributed by atoms with Gasteiger partial charge in [-0.15, -0.1) is 0 Å². The Labute approximate surface area is 110 Å². The quantitative estimate of drug-likeness (QED) is 0.826. The average molecular weight is 247 g/mol. The van der Waals surface area contributed by atoms with Crippen molar-refractivity contribution in [3.63, 3.8) is 0 Å². The minimum atomic E-state index is 0. The molecule has 18 heavy (non-hydrogen) atoms. The van der Waals surface area contributed by atoms with Crippen molar-refractivity contribution in [3.8, 4) is 0 Å². The Morgan fingerprint density at radius 1 is 1.11 bits per heavy atom. The van der Waals surface area contributed by atoms with Gasteiger partial charge in [-0.25, -0.2) is 4.98 Å². The van der Waals surface area contributed by atoms with E-state index in [1.807, 2.05) is 12.3 Å². The Kier molecular flexibility index (Phi) is 3.79. The monoisotopic (exact) mass is 247 g/mol. The van der Waals surface area contributed by atoms with Gasteiger partial charge in [0.25, 0.3) is 0 Å². The van der Waals surface area contributed by atoms with Crippen LogP contribution in [-0.4, -0.2) is 18.1 Å². The summed E-state index contributed by atoms with van der Waals surface area (Å²) in [7, 11) is 0. The SMILES string of the molecule is C.Nc1ccc(N2CCC3(CCCCC3)C2)cn1. The molecular formula is C15H25N3. The van der Waals surface area contributed by atoms with E-state index in [0.29, 0.717) is 11.2 Å². The van der Waals surface area contributed by atoms with Gasteiger partial charge in [0.15, 0.2) is 0 Å². The first kappa shape index (κ1) is 13.2. The van der Waals surface area contributed by atoms with Crippen LogP contribution in [0.2, 0.25) is 0 Å². The Bertz CT molecular complexity index is 379. The van der Waals surface area contributed by atoms with Crippen molar-refractivity contribution < 1.29 is 0 Å². The van der Waals surface area contributed by atoms with E-state index in [-0.39, 0.29) is 7.43 Å². The first-order valence-corrected chi connectivity index (χ1v) is 6.74. The fourth-order valence-electron chi connectivity index (χ4n) is 3.45. The molecule has 2 heterocycles. The summed E-state index contributed by atoms with van der Waals surface area (Å²) in [5, 5.41) is 0. The molecule has 1 aliphatic carbocycles. The molecule has 2 fully saturated rings. The molecule has 1 aromatic rings. The smallest absolute Gasteiger partial charge is 0.123 e. The van der Waals surface area contributed by atoms with E-state index in [1.165, 1.54) is 57.3 Å². The van der Waals surface area contributed by atoms with E-state index in [9.17, 15) is 0 Å². The van der Waals surface area contributed by atoms with Crippen LogP contribution in [-0.2, 0) is 0 Å². The van der Waals surface area contributed by atoms with Crippen molar-refractivity contribution in [3.05, 3.63) is 18.3 Å². The normalized spacial score (nSPS) is 21.9. The number of hydrogen-bond donors (Lipinski definition) is 1. The maximum Gasteiger partial charge on any atom is 0.123 e. The van der Waals surface area contributed by atoms with Crippen LogP contribution < -0.4 is 10.6 Å². The minimum Gasteiger partial charge on any atom is -0.384 e. The summed E-state index contributed by atoms with van der Waals surface area (Å²) in [6.45, 7) is 2.41. The van der Waals surface area contributed by atoms with Crippen molar-refractivity contribution >= 4 is 11.5 Å². The first-order valence-electron chi connectivity index (χ1n) is 6.74. The Morgan fingerprint density at radius 2 is 1.89 bits per heavy atom. The highest BCUT2D eigenvalue weighted by atomic mass is 15.2. The maximum absolute atomic E-state index is 5.63. The lowest BCUT2D eigenvalue weighted by molar-refractivity contribution is 0.219. The Hall–Kier alpha value is -1.25. The molecular weight excluding hydrogens is 222 g/mol. The molecule has 0 atom stereocenters. The number of aromatic nitrogens is 1. The average Bonchev–Trinajstić information content (AvgIpc) is 2.75. The number of nitrogens with zero attached hydrogens (tertiary/aromatic N) is 2. The van der Waals surface area contributed by atoms with Crippen LogP contribution in [0, 0.1) is 5.41 Å². The number of hydrogen-bond acceptors (Lipinski definition) is 3. The van der Waals surface area contributed by atoms with Gasteiger partial charge in [-0.05, 0) is 36.8 Å². The maximum atomic E-state index is 5.63. The van der Waals surface area contributed by atoms with Gasteiger partial charge in [-0.1, -0.05) is 26.7 Å². The lowest BCUT2D eigenvalue weighted by Gasteiger charge is -2.33. The summed E-state index contributed by atoms with van der Waals surface area (Å²) in [6, 6.07) is 4.01. The molecule has 1 saturated carbocycles. The van der Waals surface area contributed by atoms with Crippen LogP contribution in [0.3, 0.4) is 0 Å². The molecule has 0 radical (unpaired) electrons. The summed E-state index contributed by atoms with van der Waals surface area (Å²) >= 11 is 0. The van der Waals surface area contributed by atoms with Crippen molar-refractivity contribution in [2.75, 3.05) is 23.7 Å². The van der Waals surface area contributed by atoms with Gasteiger partial charge in [-0.3, -0.25) is 0 Å². The molecule has 0 amide bonds. The molecule has 0 aromatic carbocycles. The molecule has 3 rings (SSSR count). The predicted octanol–water partition coefficient (Wildman–Crippen LogP) is 3.46. The van der Waals surface area contributed by atoms with Crippen molar-refractivity contribution in [1.82, 2.24) is 4.98 Å². The number of nitrogen functional groups attached to an aromatic ring is 1. The molecule has 2 aliphatic rings. The third-order valence-electron chi connectivity index (χ3n) is 4.49. The fraction of sp³-hybridized carbons (Fsp3) is 0.667. The van der Waals surface area contributed by atoms with E-state index in [0.717, 1.165) is 0 Å². The lowest BCUT2D eigenvalue weighted by atomic mass is 9.73. The van der Waals surface area contributed by atoms with Gasteiger partial charge in [0.1, 0.15) is 5.82 Å². The lowest BCUT2D eigenvalue weighted by Crippen LogP contribution is -2.29. The number of rotatable bonds is 1. The second-order valence-electron chi connectivity index (χ2n) is 5.67.